The number of nitrogens with one attached hydrogen (secondary N) is 2. The van der Waals surface area contributed by atoms with Crippen LogP contribution in [0.1, 0.15) is 63.5 Å². The van der Waals surface area contributed by atoms with E-state index in [1.165, 1.54) is 6.07 Å². The Morgan fingerprint density at radius 3 is 2.68 bits per heavy atom. The Kier molecular flexibility index (Phi) is 8.01. The maximum atomic E-state index is 13.3. The van der Waals surface area contributed by atoms with Gasteiger partial charge in [-0.2, -0.15) is 0 Å². The summed E-state index contributed by atoms with van der Waals surface area (Å²) >= 11 is 6.46. The molecule has 1 saturated heterocycles. The van der Waals surface area contributed by atoms with Gasteiger partial charge in [0, 0.05) is 24.2 Å². The van der Waals surface area contributed by atoms with Crippen LogP contribution in [0.25, 0.3) is 11.0 Å². The zero-order valence-corrected chi connectivity index (χ0v) is 23.1. The first-order valence-corrected chi connectivity index (χ1v) is 13.1. The number of aromatic nitrogens is 3. The number of aromatic amines is 1. The van der Waals surface area contributed by atoms with Gasteiger partial charge < -0.3 is 29.2 Å². The van der Waals surface area contributed by atoms with Gasteiger partial charge in [-0.3, -0.25) is 4.79 Å². The molecule has 0 bridgehead atoms. The number of H-pyrrole nitrogens is 1. The molecule has 0 unspecified atom stereocenters. The van der Waals surface area contributed by atoms with Gasteiger partial charge in [0.05, 0.1) is 18.2 Å². The number of alkyl carbamates (subject to hydrolysis) is 1. The molecule has 3 heterocycles. The van der Waals surface area contributed by atoms with E-state index in [1.54, 1.807) is 19.9 Å². The van der Waals surface area contributed by atoms with Crippen LogP contribution in [0.3, 0.4) is 0 Å². The van der Waals surface area contributed by atoms with Gasteiger partial charge >= 0.3 is 12.1 Å². The summed E-state index contributed by atoms with van der Waals surface area (Å²) in [6.07, 6.45) is 0.779. The topological polar surface area (TPSA) is 119 Å². The molecule has 2 aromatic heterocycles. The Morgan fingerprint density at radius 1 is 1.26 bits per heavy atom. The number of rotatable bonds is 6. The highest BCUT2D eigenvalue weighted by molar-refractivity contribution is 6.31. The Balaban J connectivity index is 1.72. The Bertz CT molecular complexity index is 1390. The van der Waals surface area contributed by atoms with E-state index in [-0.39, 0.29) is 17.8 Å². The third-order valence-electron chi connectivity index (χ3n) is 5.99. The highest BCUT2D eigenvalue weighted by Gasteiger charge is 2.28. The van der Waals surface area contributed by atoms with Gasteiger partial charge in [0.15, 0.2) is 0 Å². The number of piperidine rings is 1. The molecule has 11 heteroatoms. The van der Waals surface area contributed by atoms with Crippen LogP contribution in [-0.2, 0) is 16.0 Å². The summed E-state index contributed by atoms with van der Waals surface area (Å²) in [5.74, 6) is -0.0729. The molecule has 204 valence electrons. The minimum Gasteiger partial charge on any atom is -0.458 e. The number of benzene rings is 1. The third kappa shape index (κ3) is 6.48. The molecule has 1 atom stereocenters. The van der Waals surface area contributed by atoms with Crippen LogP contribution >= 0.6 is 11.6 Å². The van der Waals surface area contributed by atoms with E-state index in [0.717, 1.165) is 18.4 Å². The number of nitrogens with zero attached hydrogens (tertiary/aromatic N) is 3. The van der Waals surface area contributed by atoms with Crippen molar-refractivity contribution in [1.29, 1.82) is 0 Å². The second-order valence-electron chi connectivity index (χ2n) is 10.7. The van der Waals surface area contributed by atoms with E-state index in [0.29, 0.717) is 41.6 Å². The van der Waals surface area contributed by atoms with Gasteiger partial charge in [-0.25, -0.2) is 14.6 Å². The van der Waals surface area contributed by atoms with E-state index in [2.05, 4.69) is 10.3 Å². The molecule has 38 heavy (non-hydrogen) atoms. The number of fused-ring (bicyclic) bond motifs is 1. The zero-order chi connectivity index (χ0) is 27.6. The van der Waals surface area contributed by atoms with Crippen LogP contribution in [-0.4, -0.2) is 57.4 Å². The maximum absolute atomic E-state index is 13.3. The van der Waals surface area contributed by atoms with Gasteiger partial charge in [-0.05, 0) is 65.2 Å². The number of ether oxygens (including phenoxy) is 2. The number of halogens is 1. The summed E-state index contributed by atoms with van der Waals surface area (Å²) in [7, 11) is 0. The number of esters is 1. The van der Waals surface area contributed by atoms with Gasteiger partial charge in [-0.15, -0.1) is 0 Å². The zero-order valence-electron chi connectivity index (χ0n) is 22.3. The summed E-state index contributed by atoms with van der Waals surface area (Å²) in [6, 6.07) is 8.78. The van der Waals surface area contributed by atoms with E-state index < -0.39 is 23.2 Å². The lowest BCUT2D eigenvalue weighted by molar-refractivity contribution is 0.0370. The summed E-state index contributed by atoms with van der Waals surface area (Å²) in [5.41, 5.74) is 0.490. The molecule has 0 spiro atoms. The van der Waals surface area contributed by atoms with Gasteiger partial charge in [-0.1, -0.05) is 29.8 Å². The molecular formula is C27H34ClN5O5. The van der Waals surface area contributed by atoms with Crippen LogP contribution in [0, 0.1) is 0 Å². The molecule has 0 aliphatic carbocycles. The Morgan fingerprint density at radius 2 is 2.00 bits per heavy atom. The SMILES string of the molecule is CC(C)OC(=O)c1cc2nc(N3CCC[C@@H](NC(=O)OC(C)(C)C)C3)n(Cc3ccccc3Cl)c2c(=O)[nH]1. The number of anilines is 1. The van der Waals surface area contributed by atoms with Crippen LogP contribution in [0.2, 0.25) is 5.02 Å². The number of carbonyl (C=O) groups is 2. The molecule has 1 amide bonds. The van der Waals surface area contributed by atoms with E-state index >= 15 is 0 Å². The van der Waals surface area contributed by atoms with Crippen LogP contribution in [0.15, 0.2) is 35.1 Å². The predicted octanol–water partition coefficient (Wildman–Crippen LogP) is 4.49. The molecular weight excluding hydrogens is 510 g/mol. The summed E-state index contributed by atoms with van der Waals surface area (Å²) < 4.78 is 12.5. The van der Waals surface area contributed by atoms with Crippen molar-refractivity contribution in [2.45, 2.75) is 71.8 Å². The first-order chi connectivity index (χ1) is 17.9. The molecule has 1 aliphatic rings. The fourth-order valence-electron chi connectivity index (χ4n) is 4.48. The van der Waals surface area contributed by atoms with Gasteiger partial charge in [0.1, 0.15) is 16.8 Å². The lowest BCUT2D eigenvalue weighted by Gasteiger charge is -2.34. The Labute approximate surface area is 226 Å². The fourth-order valence-corrected chi connectivity index (χ4v) is 4.68. The highest BCUT2D eigenvalue weighted by atomic mass is 35.5. The number of hydrogen-bond acceptors (Lipinski definition) is 7. The molecule has 0 saturated carbocycles. The number of hydrogen-bond donors (Lipinski definition) is 2. The molecule has 3 aromatic rings. The minimum absolute atomic E-state index is 0.0354. The van der Waals surface area contributed by atoms with Crippen LogP contribution in [0.4, 0.5) is 10.7 Å². The maximum Gasteiger partial charge on any atom is 0.407 e. The minimum atomic E-state index is -0.624. The van der Waals surface area contributed by atoms with Crippen LogP contribution < -0.4 is 15.8 Å². The number of imidazole rings is 1. The smallest absolute Gasteiger partial charge is 0.407 e. The van der Waals surface area contributed by atoms with Crippen molar-refractivity contribution in [3.8, 4) is 0 Å². The molecule has 1 fully saturated rings. The monoisotopic (exact) mass is 543 g/mol. The average Bonchev–Trinajstić information content (AvgIpc) is 3.18. The lowest BCUT2D eigenvalue weighted by Crippen LogP contribution is -2.49. The van der Waals surface area contributed by atoms with Crippen molar-refractivity contribution in [1.82, 2.24) is 19.9 Å². The summed E-state index contributed by atoms with van der Waals surface area (Å²) in [6.45, 7) is 10.4. The normalized spacial score (nSPS) is 16.1. The lowest BCUT2D eigenvalue weighted by atomic mass is 10.1. The predicted molar refractivity (Wildman–Crippen MR) is 146 cm³/mol. The van der Waals surface area contributed by atoms with E-state index in [1.807, 2.05) is 48.4 Å². The molecule has 10 nitrogen and oxygen atoms in total. The largest absolute Gasteiger partial charge is 0.458 e. The van der Waals surface area contributed by atoms with Crippen LogP contribution in [0.5, 0.6) is 0 Å². The van der Waals surface area contributed by atoms with Gasteiger partial charge in [0.2, 0.25) is 5.95 Å². The summed E-state index contributed by atoms with van der Waals surface area (Å²) in [5, 5.41) is 3.52. The van der Waals surface area contributed by atoms with Crippen molar-refractivity contribution < 1.29 is 19.1 Å². The number of amides is 1. The molecule has 2 N–H and O–H groups in total. The standard InChI is InChI=1S/C27H34ClN5O5/c1-16(2)37-24(35)21-13-20-22(23(34)30-21)33(14-17-9-6-7-11-19(17)28)25(31-20)32-12-8-10-18(15-32)29-26(36)38-27(3,4)5/h6-7,9,11,13,16,18H,8,10,12,14-15H2,1-5H3,(H,29,36)(H,30,34)/t18-/m1/s1. The van der Waals surface area contributed by atoms with Crippen molar-refractivity contribution in [2.75, 3.05) is 18.0 Å². The van der Waals surface area contributed by atoms with E-state index in [9.17, 15) is 14.4 Å². The summed E-state index contributed by atoms with van der Waals surface area (Å²) in [4.78, 5) is 47.7. The average molecular weight is 544 g/mol. The molecule has 0 radical (unpaired) electrons. The quantitative estimate of drug-likeness (QED) is 0.440. The van der Waals surface area contributed by atoms with Gasteiger partial charge in [0.25, 0.3) is 5.56 Å². The number of pyridine rings is 1. The second kappa shape index (κ2) is 11.1. The van der Waals surface area contributed by atoms with Crippen molar-refractivity contribution >= 4 is 40.6 Å². The molecule has 4 rings (SSSR count). The van der Waals surface area contributed by atoms with Crippen molar-refractivity contribution in [3.05, 3.63) is 57.0 Å². The third-order valence-corrected chi connectivity index (χ3v) is 6.36. The highest BCUT2D eigenvalue weighted by Crippen LogP contribution is 2.27. The first kappa shape index (κ1) is 27.5. The fraction of sp³-hybridized carbons (Fsp3) is 0.481. The van der Waals surface area contributed by atoms with E-state index in [4.69, 9.17) is 26.1 Å². The second-order valence-corrected chi connectivity index (χ2v) is 11.1. The van der Waals surface area contributed by atoms with Crippen molar-refractivity contribution in [3.63, 3.8) is 0 Å². The Hall–Kier alpha value is -3.53. The van der Waals surface area contributed by atoms with Crippen molar-refractivity contribution in [2.24, 2.45) is 0 Å². The molecule has 1 aromatic carbocycles. The number of carbonyl (C=O) groups excluding carboxylic acids is 2. The molecule has 1 aliphatic heterocycles. The first-order valence-electron chi connectivity index (χ1n) is 12.7.